The van der Waals surface area contributed by atoms with Gasteiger partial charge >= 0.3 is 5.97 Å². The number of hydrogen-bond donors (Lipinski definition) is 1. The van der Waals surface area contributed by atoms with E-state index in [1.165, 1.54) is 0 Å². The summed E-state index contributed by atoms with van der Waals surface area (Å²) >= 11 is 0. The zero-order valence-electron chi connectivity index (χ0n) is 13.7. The molecule has 3 rings (SSSR count). The number of carbonyl (C=O) groups excluding carboxylic acids is 1. The molecular formula is C17H20N4O3. The molecule has 7 heteroatoms. The molecule has 1 aliphatic heterocycles. The Morgan fingerprint density at radius 1 is 1.33 bits per heavy atom. The molecule has 24 heavy (non-hydrogen) atoms. The molecule has 2 atom stereocenters. The predicted octanol–water partition coefficient (Wildman–Crippen LogP) is 1.55. The van der Waals surface area contributed by atoms with Crippen LogP contribution < -0.4 is 0 Å². The van der Waals surface area contributed by atoms with Crippen molar-refractivity contribution in [3.8, 4) is 0 Å². The maximum absolute atomic E-state index is 12.8. The van der Waals surface area contributed by atoms with Gasteiger partial charge in [0.2, 0.25) is 0 Å². The van der Waals surface area contributed by atoms with E-state index in [-0.39, 0.29) is 18.4 Å². The molecule has 0 aliphatic carbocycles. The van der Waals surface area contributed by atoms with E-state index in [1.807, 2.05) is 26.0 Å². The van der Waals surface area contributed by atoms with E-state index in [9.17, 15) is 14.7 Å². The Morgan fingerprint density at radius 2 is 2.12 bits per heavy atom. The molecule has 2 aromatic rings. The molecule has 2 aromatic heterocycles. The third-order valence-corrected chi connectivity index (χ3v) is 4.63. The van der Waals surface area contributed by atoms with Gasteiger partial charge in [-0.3, -0.25) is 19.3 Å². The molecule has 1 aliphatic rings. The van der Waals surface area contributed by atoms with Gasteiger partial charge in [0.25, 0.3) is 5.91 Å². The second kappa shape index (κ2) is 6.43. The average molecular weight is 328 g/mol. The zero-order valence-corrected chi connectivity index (χ0v) is 13.7. The SMILES string of the molecule is CCn1ncc(C(=O)N2C[C@@H](C(=O)O)[C@H](c3ccccn3)C2)c1C. The van der Waals surface area contributed by atoms with Crippen molar-refractivity contribution in [2.75, 3.05) is 13.1 Å². The van der Waals surface area contributed by atoms with E-state index in [1.54, 1.807) is 28.0 Å². The molecular weight excluding hydrogens is 308 g/mol. The molecule has 0 radical (unpaired) electrons. The summed E-state index contributed by atoms with van der Waals surface area (Å²) in [5, 5.41) is 13.7. The minimum Gasteiger partial charge on any atom is -0.481 e. The highest BCUT2D eigenvalue weighted by Crippen LogP contribution is 2.32. The number of amides is 1. The molecule has 1 amide bonds. The van der Waals surface area contributed by atoms with Crippen LogP contribution in [0.5, 0.6) is 0 Å². The van der Waals surface area contributed by atoms with Gasteiger partial charge in [-0.15, -0.1) is 0 Å². The summed E-state index contributed by atoms with van der Waals surface area (Å²) in [6, 6.07) is 5.44. The van der Waals surface area contributed by atoms with Crippen LogP contribution in [0, 0.1) is 12.8 Å². The maximum atomic E-state index is 12.8. The highest BCUT2D eigenvalue weighted by atomic mass is 16.4. The van der Waals surface area contributed by atoms with Gasteiger partial charge in [-0.05, 0) is 26.0 Å². The van der Waals surface area contributed by atoms with E-state index in [2.05, 4.69) is 10.1 Å². The number of likely N-dealkylation sites (tertiary alicyclic amines) is 1. The van der Waals surface area contributed by atoms with Crippen molar-refractivity contribution in [2.24, 2.45) is 5.92 Å². The standard InChI is InChI=1S/C17H20N4O3/c1-3-21-11(2)12(8-19-21)16(22)20-9-13(14(10-20)17(23)24)15-6-4-5-7-18-15/h4-8,13-14H,3,9-10H2,1-2H3,(H,23,24)/t13-,14-/m1/s1. The van der Waals surface area contributed by atoms with Gasteiger partial charge < -0.3 is 10.0 Å². The summed E-state index contributed by atoms with van der Waals surface area (Å²) < 4.78 is 1.76. The Kier molecular flexibility index (Phi) is 4.33. The first-order valence-corrected chi connectivity index (χ1v) is 7.98. The molecule has 1 saturated heterocycles. The number of carboxylic acids is 1. The van der Waals surface area contributed by atoms with E-state index in [0.717, 1.165) is 5.69 Å². The van der Waals surface area contributed by atoms with Crippen molar-refractivity contribution in [3.05, 3.63) is 47.5 Å². The monoisotopic (exact) mass is 328 g/mol. The van der Waals surface area contributed by atoms with Gasteiger partial charge in [0, 0.05) is 43.1 Å². The number of aliphatic carboxylic acids is 1. The fraction of sp³-hybridized carbons (Fsp3) is 0.412. The van der Waals surface area contributed by atoms with Crippen molar-refractivity contribution in [1.29, 1.82) is 0 Å². The van der Waals surface area contributed by atoms with Crippen LogP contribution in [-0.4, -0.2) is 49.7 Å². The van der Waals surface area contributed by atoms with Crippen LogP contribution >= 0.6 is 0 Å². The third-order valence-electron chi connectivity index (χ3n) is 4.63. The first-order valence-electron chi connectivity index (χ1n) is 7.98. The van der Waals surface area contributed by atoms with Crippen LogP contribution in [0.25, 0.3) is 0 Å². The second-order valence-electron chi connectivity index (χ2n) is 5.98. The smallest absolute Gasteiger partial charge is 0.309 e. The van der Waals surface area contributed by atoms with Gasteiger partial charge in [0.15, 0.2) is 0 Å². The van der Waals surface area contributed by atoms with Gasteiger partial charge in [-0.25, -0.2) is 0 Å². The Hall–Kier alpha value is -2.70. The molecule has 126 valence electrons. The Labute approximate surface area is 139 Å². The molecule has 7 nitrogen and oxygen atoms in total. The Bertz CT molecular complexity index is 756. The highest BCUT2D eigenvalue weighted by Gasteiger charge is 2.41. The zero-order chi connectivity index (χ0) is 17.3. The summed E-state index contributed by atoms with van der Waals surface area (Å²) in [5.74, 6) is -2.02. The molecule has 0 bridgehead atoms. The Balaban J connectivity index is 1.86. The van der Waals surface area contributed by atoms with Crippen molar-refractivity contribution >= 4 is 11.9 Å². The predicted molar refractivity (Wildman–Crippen MR) is 86.6 cm³/mol. The normalized spacial score (nSPS) is 20.3. The lowest BCUT2D eigenvalue weighted by Crippen LogP contribution is -2.30. The molecule has 0 saturated carbocycles. The molecule has 1 fully saturated rings. The number of carbonyl (C=O) groups is 2. The summed E-state index contributed by atoms with van der Waals surface area (Å²) in [4.78, 5) is 30.3. The van der Waals surface area contributed by atoms with Crippen molar-refractivity contribution in [3.63, 3.8) is 0 Å². The van der Waals surface area contributed by atoms with Crippen molar-refractivity contribution in [1.82, 2.24) is 19.7 Å². The lowest BCUT2D eigenvalue weighted by atomic mass is 9.93. The van der Waals surface area contributed by atoms with Crippen molar-refractivity contribution in [2.45, 2.75) is 26.3 Å². The minimum absolute atomic E-state index is 0.170. The number of carboxylic acid groups (broad SMARTS) is 1. The third kappa shape index (κ3) is 2.77. The van der Waals surface area contributed by atoms with Gasteiger partial charge in [0.1, 0.15) is 0 Å². The number of aromatic nitrogens is 3. The summed E-state index contributed by atoms with van der Waals surface area (Å²) in [5.41, 5.74) is 2.04. The van der Waals surface area contributed by atoms with Crippen LogP contribution in [0.15, 0.2) is 30.6 Å². The van der Waals surface area contributed by atoms with E-state index >= 15 is 0 Å². The highest BCUT2D eigenvalue weighted by molar-refractivity contribution is 5.95. The number of pyridine rings is 1. The lowest BCUT2D eigenvalue weighted by Gasteiger charge is -2.16. The van der Waals surface area contributed by atoms with Gasteiger partial charge in [0.05, 0.1) is 17.7 Å². The van der Waals surface area contributed by atoms with Crippen LogP contribution in [0.4, 0.5) is 0 Å². The number of rotatable bonds is 4. The molecule has 3 heterocycles. The van der Waals surface area contributed by atoms with Crippen LogP contribution in [0.1, 0.15) is 34.6 Å². The summed E-state index contributed by atoms with van der Waals surface area (Å²) in [6.45, 7) is 5.04. The van der Waals surface area contributed by atoms with E-state index in [4.69, 9.17) is 0 Å². The molecule has 0 unspecified atom stereocenters. The fourth-order valence-electron chi connectivity index (χ4n) is 3.26. The number of nitrogens with zero attached hydrogens (tertiary/aromatic N) is 4. The maximum Gasteiger partial charge on any atom is 0.309 e. The number of aryl methyl sites for hydroxylation is 1. The van der Waals surface area contributed by atoms with Crippen LogP contribution in [-0.2, 0) is 11.3 Å². The fourth-order valence-corrected chi connectivity index (χ4v) is 3.26. The van der Waals surface area contributed by atoms with Gasteiger partial charge in [-0.2, -0.15) is 5.10 Å². The van der Waals surface area contributed by atoms with Crippen molar-refractivity contribution < 1.29 is 14.7 Å². The second-order valence-corrected chi connectivity index (χ2v) is 5.98. The largest absolute Gasteiger partial charge is 0.481 e. The quantitative estimate of drug-likeness (QED) is 0.920. The number of hydrogen-bond acceptors (Lipinski definition) is 4. The Morgan fingerprint density at radius 3 is 2.71 bits per heavy atom. The first-order chi connectivity index (χ1) is 11.5. The minimum atomic E-state index is -0.901. The van der Waals surface area contributed by atoms with E-state index in [0.29, 0.717) is 24.3 Å². The lowest BCUT2D eigenvalue weighted by molar-refractivity contribution is -0.141. The molecule has 1 N–H and O–H groups in total. The average Bonchev–Trinajstić information content (AvgIpc) is 3.19. The first kappa shape index (κ1) is 16.2. The topological polar surface area (TPSA) is 88.3 Å². The molecule has 0 spiro atoms. The summed E-state index contributed by atoms with van der Waals surface area (Å²) in [6.07, 6.45) is 3.21. The molecule has 0 aromatic carbocycles. The van der Waals surface area contributed by atoms with Gasteiger partial charge in [-0.1, -0.05) is 6.07 Å². The van der Waals surface area contributed by atoms with Crippen LogP contribution in [0.3, 0.4) is 0 Å². The van der Waals surface area contributed by atoms with Crippen LogP contribution in [0.2, 0.25) is 0 Å². The summed E-state index contributed by atoms with van der Waals surface area (Å²) in [7, 11) is 0. The van der Waals surface area contributed by atoms with E-state index < -0.39 is 11.9 Å².